The highest BCUT2D eigenvalue weighted by atomic mass is 35.5. The number of azo groups is 2. The molecule has 0 spiro atoms. The Morgan fingerprint density at radius 2 is 1.84 bits per heavy atom. The topological polar surface area (TPSA) is 61.9 Å². The van der Waals surface area contributed by atoms with E-state index in [2.05, 4.69) is 5.11 Å². The maximum Gasteiger partial charge on any atom is 0.416 e. The standard InChI is InChI=1S/C22H22Cl2F3N2O3/c1-10-8-11(22(25,26)27)9-14-15(10)18(28-29(14)5)19(30)16-13(23)7-6-12(17(16)24)20(31)32-21(2,3)4/h6-9,18-19,30H,1-5H3/q+1. The van der Waals surface area contributed by atoms with E-state index in [0.717, 1.165) is 12.1 Å². The summed E-state index contributed by atoms with van der Waals surface area (Å²) >= 11 is 12.8. The van der Waals surface area contributed by atoms with Crippen LogP contribution >= 0.6 is 23.2 Å². The quantitative estimate of drug-likeness (QED) is 0.381. The number of nitrogens with zero attached hydrogens (tertiary/aromatic N) is 2. The van der Waals surface area contributed by atoms with E-state index in [9.17, 15) is 23.1 Å². The molecule has 2 aromatic carbocycles. The van der Waals surface area contributed by atoms with E-state index in [1.54, 1.807) is 20.8 Å². The third kappa shape index (κ3) is 4.63. The van der Waals surface area contributed by atoms with Gasteiger partial charge in [-0.25, -0.2) is 4.79 Å². The molecule has 0 amide bonds. The Bertz CT molecular complexity index is 1120. The second kappa shape index (κ2) is 8.32. The lowest BCUT2D eigenvalue weighted by atomic mass is 9.91. The van der Waals surface area contributed by atoms with Crippen molar-refractivity contribution in [3.63, 3.8) is 0 Å². The predicted octanol–water partition coefficient (Wildman–Crippen LogP) is 6.79. The van der Waals surface area contributed by atoms with Gasteiger partial charge in [-0.3, -0.25) is 0 Å². The lowest BCUT2D eigenvalue weighted by molar-refractivity contribution is -0.478. The van der Waals surface area contributed by atoms with Crippen LogP contribution in [-0.2, 0) is 10.9 Å². The fraction of sp³-hybridized carbons (Fsp3) is 0.409. The number of aliphatic hydroxyl groups is 1. The van der Waals surface area contributed by atoms with Crippen LogP contribution in [0.5, 0.6) is 0 Å². The summed E-state index contributed by atoms with van der Waals surface area (Å²) in [6.45, 7) is 6.62. The van der Waals surface area contributed by atoms with Gasteiger partial charge in [0.25, 0.3) is 0 Å². The summed E-state index contributed by atoms with van der Waals surface area (Å²) in [5.41, 5.74) is -0.577. The first-order valence-corrected chi connectivity index (χ1v) is 10.4. The van der Waals surface area contributed by atoms with Crippen molar-refractivity contribution in [2.75, 3.05) is 7.05 Å². The highest BCUT2D eigenvalue weighted by Crippen LogP contribution is 2.48. The highest BCUT2D eigenvalue weighted by Gasteiger charge is 2.42. The number of hydrogen-bond donors (Lipinski definition) is 1. The van der Waals surface area contributed by atoms with Crippen LogP contribution in [0.4, 0.5) is 18.9 Å². The van der Waals surface area contributed by atoms with Gasteiger partial charge in [0.2, 0.25) is 5.69 Å². The zero-order valence-electron chi connectivity index (χ0n) is 18.0. The molecule has 1 heterocycles. The zero-order valence-corrected chi connectivity index (χ0v) is 19.5. The minimum atomic E-state index is -4.52. The fourth-order valence-corrected chi connectivity index (χ4v) is 4.28. The van der Waals surface area contributed by atoms with E-state index in [1.807, 2.05) is 0 Å². The summed E-state index contributed by atoms with van der Waals surface area (Å²) in [5.74, 6) is -0.695. The molecule has 2 atom stereocenters. The summed E-state index contributed by atoms with van der Waals surface area (Å²) in [6.07, 6.45) is -5.94. The first kappa shape index (κ1) is 24.5. The van der Waals surface area contributed by atoms with Crippen molar-refractivity contribution in [3.8, 4) is 0 Å². The molecule has 0 bridgehead atoms. The smallest absolute Gasteiger partial charge is 0.416 e. The highest BCUT2D eigenvalue weighted by molar-refractivity contribution is 6.38. The lowest BCUT2D eigenvalue weighted by Crippen LogP contribution is -2.24. The molecule has 0 aromatic heterocycles. The molecule has 0 fully saturated rings. The van der Waals surface area contributed by atoms with E-state index in [4.69, 9.17) is 27.9 Å². The summed E-state index contributed by atoms with van der Waals surface area (Å²) in [6, 6.07) is 3.82. The van der Waals surface area contributed by atoms with Gasteiger partial charge in [0, 0.05) is 16.7 Å². The van der Waals surface area contributed by atoms with E-state index in [-0.39, 0.29) is 26.9 Å². The molecular weight excluding hydrogens is 468 g/mol. The average molecular weight is 490 g/mol. The van der Waals surface area contributed by atoms with Crippen LogP contribution in [0.1, 0.15) is 65.5 Å². The molecular formula is C22H22Cl2F3N2O3+. The Morgan fingerprint density at radius 1 is 1.22 bits per heavy atom. The van der Waals surface area contributed by atoms with Gasteiger partial charge in [-0.05, 0) is 56.6 Å². The Hall–Kier alpha value is -2.16. The normalized spacial score (nSPS) is 17.1. The first-order chi connectivity index (χ1) is 14.6. The van der Waals surface area contributed by atoms with Crippen molar-refractivity contribution >= 4 is 34.9 Å². The van der Waals surface area contributed by atoms with E-state index in [0.29, 0.717) is 11.1 Å². The Labute approximate surface area is 193 Å². The van der Waals surface area contributed by atoms with Crippen molar-refractivity contribution < 1.29 is 32.5 Å². The molecule has 0 aliphatic carbocycles. The number of carbonyl (C=O) groups is 1. The van der Waals surface area contributed by atoms with Crippen LogP contribution in [0, 0.1) is 6.92 Å². The molecule has 0 saturated carbocycles. The Kier molecular flexibility index (Phi) is 6.36. The summed E-state index contributed by atoms with van der Waals surface area (Å²) in [7, 11) is 1.49. The van der Waals surface area contributed by atoms with Crippen LogP contribution in [0.3, 0.4) is 0 Å². The van der Waals surface area contributed by atoms with Crippen molar-refractivity contribution in [3.05, 3.63) is 62.1 Å². The molecule has 0 saturated heterocycles. The number of ether oxygens (including phenoxy) is 1. The maximum absolute atomic E-state index is 13.3. The number of carbonyl (C=O) groups excluding carboxylic acids is 1. The van der Waals surface area contributed by atoms with Gasteiger partial charge in [0.15, 0.2) is 13.1 Å². The molecule has 1 N–H and O–H groups in total. The van der Waals surface area contributed by atoms with Crippen molar-refractivity contribution in [1.82, 2.24) is 0 Å². The van der Waals surface area contributed by atoms with E-state index < -0.39 is 35.5 Å². The van der Waals surface area contributed by atoms with Gasteiger partial charge in [-0.2, -0.15) is 13.2 Å². The monoisotopic (exact) mass is 489 g/mol. The number of benzene rings is 2. The number of esters is 1. The SMILES string of the molecule is Cc1cc(C(F)(F)F)cc2c1C(C(O)c1c(Cl)ccc(C(=O)OC(C)(C)C)c1Cl)N=[N+]2C. The van der Waals surface area contributed by atoms with Gasteiger partial charge in [-0.1, -0.05) is 27.9 Å². The van der Waals surface area contributed by atoms with Gasteiger partial charge in [0.05, 0.1) is 21.7 Å². The third-order valence-electron chi connectivity index (χ3n) is 4.97. The van der Waals surface area contributed by atoms with Crippen LogP contribution in [0.15, 0.2) is 29.4 Å². The molecule has 2 unspecified atom stereocenters. The molecule has 2 aromatic rings. The Balaban J connectivity index is 2.08. The Morgan fingerprint density at radius 3 is 2.41 bits per heavy atom. The van der Waals surface area contributed by atoms with Crippen molar-refractivity contribution in [2.45, 2.75) is 51.6 Å². The number of aryl methyl sites for hydroxylation is 1. The molecule has 32 heavy (non-hydrogen) atoms. The zero-order chi connectivity index (χ0) is 24.2. The summed E-state index contributed by atoms with van der Waals surface area (Å²) in [5, 5.41) is 15.5. The minimum Gasteiger partial charge on any atom is -0.456 e. The third-order valence-corrected chi connectivity index (χ3v) is 5.71. The summed E-state index contributed by atoms with van der Waals surface area (Å²) < 4.78 is 46.4. The van der Waals surface area contributed by atoms with Crippen LogP contribution in [0.25, 0.3) is 0 Å². The minimum absolute atomic E-state index is 0.00996. The maximum atomic E-state index is 13.3. The van der Waals surface area contributed by atoms with Crippen molar-refractivity contribution in [2.24, 2.45) is 5.11 Å². The second-order valence-electron chi connectivity index (χ2n) is 8.58. The molecule has 172 valence electrons. The first-order valence-electron chi connectivity index (χ1n) is 9.67. The molecule has 0 radical (unpaired) electrons. The molecule has 1 aliphatic heterocycles. The van der Waals surface area contributed by atoms with Crippen LogP contribution < -0.4 is 0 Å². The predicted molar refractivity (Wildman–Crippen MR) is 114 cm³/mol. The second-order valence-corrected chi connectivity index (χ2v) is 9.36. The van der Waals surface area contributed by atoms with E-state index in [1.165, 1.54) is 30.8 Å². The van der Waals surface area contributed by atoms with E-state index >= 15 is 0 Å². The largest absolute Gasteiger partial charge is 0.456 e. The number of alkyl halides is 3. The number of halogens is 5. The molecule has 5 nitrogen and oxygen atoms in total. The molecule has 3 rings (SSSR count). The van der Waals surface area contributed by atoms with Crippen molar-refractivity contribution in [1.29, 1.82) is 0 Å². The number of hydrogen-bond acceptors (Lipinski definition) is 4. The van der Waals surface area contributed by atoms with Crippen LogP contribution in [0.2, 0.25) is 10.0 Å². The average Bonchev–Trinajstić information content (AvgIpc) is 2.97. The molecule has 10 heteroatoms. The number of aliphatic hydroxyl groups excluding tert-OH is 1. The lowest BCUT2D eigenvalue weighted by Gasteiger charge is -2.22. The van der Waals surface area contributed by atoms with Gasteiger partial charge in [0.1, 0.15) is 11.7 Å². The number of rotatable bonds is 3. The molecule has 1 aliphatic rings. The number of fused-ring (bicyclic) bond motifs is 1. The van der Waals surface area contributed by atoms with Gasteiger partial charge < -0.3 is 9.84 Å². The van der Waals surface area contributed by atoms with Gasteiger partial charge >= 0.3 is 12.1 Å². The van der Waals surface area contributed by atoms with Crippen LogP contribution in [-0.4, -0.2) is 28.4 Å². The summed E-state index contributed by atoms with van der Waals surface area (Å²) in [4.78, 5) is 12.6. The van der Waals surface area contributed by atoms with Gasteiger partial charge in [-0.15, -0.1) is 0 Å². The fourth-order valence-electron chi connectivity index (χ4n) is 3.61.